The second kappa shape index (κ2) is 9.39. The lowest BCUT2D eigenvalue weighted by atomic mass is 10.0. The summed E-state index contributed by atoms with van der Waals surface area (Å²) in [5, 5.41) is 2.93. The van der Waals surface area contributed by atoms with E-state index in [-0.39, 0.29) is 30.3 Å². The molecule has 2 unspecified atom stereocenters. The van der Waals surface area contributed by atoms with E-state index in [1.165, 1.54) is 0 Å². The molecule has 134 valence electrons. The van der Waals surface area contributed by atoms with Crippen LogP contribution in [0.2, 0.25) is 0 Å². The van der Waals surface area contributed by atoms with Crippen LogP contribution in [0.25, 0.3) is 0 Å². The summed E-state index contributed by atoms with van der Waals surface area (Å²) >= 11 is 3.46. The summed E-state index contributed by atoms with van der Waals surface area (Å²) in [4.78, 5) is 26.7. The quantitative estimate of drug-likeness (QED) is 0.698. The molecule has 5 nitrogen and oxygen atoms in total. The van der Waals surface area contributed by atoms with Gasteiger partial charge in [-0.3, -0.25) is 9.59 Å². The Hall–Kier alpha value is -1.11. The predicted molar refractivity (Wildman–Crippen MR) is 102 cm³/mol. The zero-order chi connectivity index (χ0) is 17.0. The second-order valence-corrected chi connectivity index (χ2v) is 7.21. The highest BCUT2D eigenvalue weighted by atomic mass is 79.9. The SMILES string of the molecule is CC(C)CC(CN)NC(=O)C1CCN(c2ccccc2Br)C1=O.Cl. The lowest BCUT2D eigenvalue weighted by molar-refractivity contribution is -0.132. The molecule has 0 bridgehead atoms. The first kappa shape index (κ1) is 20.9. The van der Waals surface area contributed by atoms with E-state index in [1.807, 2.05) is 24.3 Å². The number of nitrogens with zero attached hydrogens (tertiary/aromatic N) is 1. The number of benzene rings is 1. The number of para-hydroxylation sites is 1. The monoisotopic (exact) mass is 417 g/mol. The molecule has 3 N–H and O–H groups in total. The molecule has 0 aliphatic carbocycles. The molecule has 0 spiro atoms. The number of hydrogen-bond acceptors (Lipinski definition) is 3. The van der Waals surface area contributed by atoms with Crippen molar-refractivity contribution in [3.8, 4) is 0 Å². The van der Waals surface area contributed by atoms with Gasteiger partial charge in [0.15, 0.2) is 0 Å². The minimum absolute atomic E-state index is 0. The van der Waals surface area contributed by atoms with E-state index in [4.69, 9.17) is 5.73 Å². The molecule has 0 radical (unpaired) electrons. The molecule has 1 aromatic carbocycles. The minimum Gasteiger partial charge on any atom is -0.351 e. The minimum atomic E-state index is -0.622. The van der Waals surface area contributed by atoms with Crippen LogP contribution in [-0.2, 0) is 9.59 Å². The third-order valence-corrected chi connectivity index (χ3v) is 4.72. The van der Waals surface area contributed by atoms with Gasteiger partial charge in [0.05, 0.1) is 5.69 Å². The Labute approximate surface area is 157 Å². The number of rotatable bonds is 6. The molecule has 2 rings (SSSR count). The highest BCUT2D eigenvalue weighted by Crippen LogP contribution is 2.31. The second-order valence-electron chi connectivity index (χ2n) is 6.35. The van der Waals surface area contributed by atoms with Crippen LogP contribution in [0, 0.1) is 11.8 Å². The number of carbonyl (C=O) groups excluding carboxylic acids is 2. The normalized spacial score (nSPS) is 18.5. The molecule has 24 heavy (non-hydrogen) atoms. The lowest BCUT2D eigenvalue weighted by Crippen LogP contribution is -2.45. The molecular weight excluding hydrogens is 394 g/mol. The number of halogens is 2. The largest absolute Gasteiger partial charge is 0.351 e. The van der Waals surface area contributed by atoms with Crippen molar-refractivity contribution in [2.45, 2.75) is 32.7 Å². The standard InChI is InChI=1S/C17H24BrN3O2.ClH/c1-11(2)9-12(10-19)20-16(22)13-7-8-21(17(13)23)15-6-4-3-5-14(15)18;/h3-6,11-13H,7-10,19H2,1-2H3,(H,20,22);1H. The fourth-order valence-corrected chi connectivity index (χ4v) is 3.42. The molecular formula is C17H25BrClN3O2. The van der Waals surface area contributed by atoms with Crippen molar-refractivity contribution in [1.29, 1.82) is 0 Å². The Kier molecular flexibility index (Phi) is 8.19. The van der Waals surface area contributed by atoms with Gasteiger partial charge in [0.1, 0.15) is 5.92 Å². The maximum absolute atomic E-state index is 12.6. The van der Waals surface area contributed by atoms with E-state index < -0.39 is 5.92 Å². The molecule has 1 aromatic rings. The summed E-state index contributed by atoms with van der Waals surface area (Å²) in [7, 11) is 0. The summed E-state index contributed by atoms with van der Waals surface area (Å²) in [5.74, 6) is -0.529. The molecule has 7 heteroatoms. The van der Waals surface area contributed by atoms with Gasteiger partial charge in [-0.1, -0.05) is 26.0 Å². The van der Waals surface area contributed by atoms with Crippen molar-refractivity contribution in [2.24, 2.45) is 17.6 Å². The molecule has 0 saturated carbocycles. The topological polar surface area (TPSA) is 75.4 Å². The first-order chi connectivity index (χ1) is 10.9. The average Bonchev–Trinajstić information content (AvgIpc) is 2.88. The third-order valence-electron chi connectivity index (χ3n) is 4.05. The van der Waals surface area contributed by atoms with Crippen LogP contribution in [0.5, 0.6) is 0 Å². The van der Waals surface area contributed by atoms with Gasteiger partial charge in [-0.15, -0.1) is 12.4 Å². The fourth-order valence-electron chi connectivity index (χ4n) is 2.92. The lowest BCUT2D eigenvalue weighted by Gasteiger charge is -2.21. The zero-order valence-electron chi connectivity index (χ0n) is 14.0. The van der Waals surface area contributed by atoms with Crippen molar-refractivity contribution in [2.75, 3.05) is 18.0 Å². The van der Waals surface area contributed by atoms with Gasteiger partial charge in [-0.05, 0) is 46.8 Å². The van der Waals surface area contributed by atoms with Crippen molar-refractivity contribution in [3.63, 3.8) is 0 Å². The van der Waals surface area contributed by atoms with E-state index in [0.717, 1.165) is 16.6 Å². The van der Waals surface area contributed by atoms with Crippen molar-refractivity contribution in [3.05, 3.63) is 28.7 Å². The molecule has 2 atom stereocenters. The Morgan fingerprint density at radius 3 is 2.67 bits per heavy atom. The predicted octanol–water partition coefficient (Wildman–Crippen LogP) is 2.71. The Morgan fingerprint density at radius 2 is 2.08 bits per heavy atom. The van der Waals surface area contributed by atoms with Gasteiger partial charge in [0.25, 0.3) is 0 Å². The highest BCUT2D eigenvalue weighted by molar-refractivity contribution is 9.10. The summed E-state index contributed by atoms with van der Waals surface area (Å²) < 4.78 is 0.856. The van der Waals surface area contributed by atoms with Crippen LogP contribution in [0.1, 0.15) is 26.7 Å². The van der Waals surface area contributed by atoms with Gasteiger partial charge in [-0.25, -0.2) is 0 Å². The molecule has 1 aliphatic heterocycles. The number of hydrogen-bond donors (Lipinski definition) is 2. The summed E-state index contributed by atoms with van der Waals surface area (Å²) in [5.41, 5.74) is 6.54. The number of carbonyl (C=O) groups is 2. The van der Waals surface area contributed by atoms with Crippen LogP contribution >= 0.6 is 28.3 Å². The molecule has 0 aromatic heterocycles. The van der Waals surface area contributed by atoms with Crippen molar-refractivity contribution < 1.29 is 9.59 Å². The summed E-state index contributed by atoms with van der Waals surface area (Å²) in [6.07, 6.45) is 1.35. The number of nitrogens with two attached hydrogens (primary N) is 1. The molecule has 1 saturated heterocycles. The van der Waals surface area contributed by atoms with Gasteiger partial charge in [0, 0.05) is 23.6 Å². The van der Waals surface area contributed by atoms with Crippen LogP contribution < -0.4 is 16.0 Å². The van der Waals surface area contributed by atoms with Gasteiger partial charge in [-0.2, -0.15) is 0 Å². The molecule has 1 aliphatic rings. The Bertz CT molecular complexity index is 583. The average molecular weight is 419 g/mol. The van der Waals surface area contributed by atoms with Crippen LogP contribution in [-0.4, -0.2) is 30.9 Å². The Morgan fingerprint density at radius 1 is 1.42 bits per heavy atom. The number of nitrogens with one attached hydrogen (secondary N) is 1. The highest BCUT2D eigenvalue weighted by Gasteiger charge is 2.38. The first-order valence-corrected chi connectivity index (χ1v) is 8.79. The molecule has 2 amide bonds. The van der Waals surface area contributed by atoms with E-state index >= 15 is 0 Å². The van der Waals surface area contributed by atoms with Gasteiger partial charge in [0.2, 0.25) is 11.8 Å². The molecule has 1 fully saturated rings. The first-order valence-electron chi connectivity index (χ1n) is 8.00. The van der Waals surface area contributed by atoms with Gasteiger partial charge >= 0.3 is 0 Å². The van der Waals surface area contributed by atoms with Crippen LogP contribution in [0.15, 0.2) is 28.7 Å². The zero-order valence-corrected chi connectivity index (χ0v) is 16.4. The summed E-state index contributed by atoms with van der Waals surface area (Å²) in [6, 6.07) is 7.48. The van der Waals surface area contributed by atoms with E-state index in [9.17, 15) is 9.59 Å². The number of anilines is 1. The van der Waals surface area contributed by atoms with Crippen molar-refractivity contribution in [1.82, 2.24) is 5.32 Å². The van der Waals surface area contributed by atoms with Gasteiger partial charge < -0.3 is 16.0 Å². The van der Waals surface area contributed by atoms with E-state index in [2.05, 4.69) is 35.1 Å². The smallest absolute Gasteiger partial charge is 0.239 e. The molecule has 1 heterocycles. The van der Waals surface area contributed by atoms with E-state index in [1.54, 1.807) is 4.90 Å². The van der Waals surface area contributed by atoms with Crippen LogP contribution in [0.4, 0.5) is 5.69 Å². The van der Waals surface area contributed by atoms with Crippen LogP contribution in [0.3, 0.4) is 0 Å². The third kappa shape index (κ3) is 4.94. The number of amides is 2. The maximum atomic E-state index is 12.6. The Balaban J connectivity index is 0.00000288. The van der Waals surface area contributed by atoms with E-state index in [0.29, 0.717) is 25.4 Å². The fraction of sp³-hybridized carbons (Fsp3) is 0.529. The summed E-state index contributed by atoms with van der Waals surface area (Å²) in [6.45, 7) is 5.12. The van der Waals surface area contributed by atoms with Crippen molar-refractivity contribution >= 4 is 45.8 Å². The maximum Gasteiger partial charge on any atom is 0.239 e.